The summed E-state index contributed by atoms with van der Waals surface area (Å²) in [6, 6.07) is 8.13. The van der Waals surface area contributed by atoms with E-state index in [4.69, 9.17) is 4.74 Å². The van der Waals surface area contributed by atoms with Gasteiger partial charge in [-0.1, -0.05) is 29.8 Å². The maximum absolute atomic E-state index is 12.0. The maximum Gasteiger partial charge on any atom is 0.270 e. The van der Waals surface area contributed by atoms with Gasteiger partial charge in [0.05, 0.1) is 6.61 Å². The highest BCUT2D eigenvalue weighted by Crippen LogP contribution is 2.23. The smallest absolute Gasteiger partial charge is 0.270 e. The zero-order chi connectivity index (χ0) is 15.8. The van der Waals surface area contributed by atoms with E-state index < -0.39 is 0 Å². The lowest BCUT2D eigenvalue weighted by Gasteiger charge is -2.05. The molecule has 24 heavy (non-hydrogen) atoms. The number of carbonyl (C=O) groups excluding carboxylic acids is 1. The number of aryl methyl sites for hydroxylation is 1. The number of hydrogen-bond donors (Lipinski definition) is 2. The third-order valence-electron chi connectivity index (χ3n) is 3.11. The molecule has 134 valence electrons. The SMILES string of the molecule is COCCNCCNC(=O)c1csc(-c2ccc(C)cc2)n1.Cl.Cl. The van der Waals surface area contributed by atoms with Crippen molar-refractivity contribution in [1.29, 1.82) is 0 Å². The second kappa shape index (κ2) is 12.2. The lowest BCUT2D eigenvalue weighted by molar-refractivity contribution is 0.0949. The molecule has 1 aromatic carbocycles. The molecule has 1 heterocycles. The number of amides is 1. The summed E-state index contributed by atoms with van der Waals surface area (Å²) >= 11 is 1.48. The van der Waals surface area contributed by atoms with Gasteiger partial charge in [-0.05, 0) is 6.92 Å². The van der Waals surface area contributed by atoms with E-state index in [1.165, 1.54) is 16.9 Å². The van der Waals surface area contributed by atoms with E-state index in [2.05, 4.69) is 15.6 Å². The second-order valence-electron chi connectivity index (χ2n) is 4.90. The van der Waals surface area contributed by atoms with Crippen molar-refractivity contribution in [2.75, 3.05) is 33.4 Å². The van der Waals surface area contributed by atoms with Crippen LogP contribution in [0.15, 0.2) is 29.6 Å². The summed E-state index contributed by atoms with van der Waals surface area (Å²) in [5, 5.41) is 8.68. The van der Waals surface area contributed by atoms with Gasteiger partial charge in [-0.2, -0.15) is 0 Å². The topological polar surface area (TPSA) is 63.2 Å². The first kappa shape index (κ1) is 22.8. The van der Waals surface area contributed by atoms with Crippen LogP contribution in [0.1, 0.15) is 16.1 Å². The van der Waals surface area contributed by atoms with Gasteiger partial charge < -0.3 is 15.4 Å². The van der Waals surface area contributed by atoms with Gasteiger partial charge in [-0.3, -0.25) is 4.79 Å². The lowest BCUT2D eigenvalue weighted by atomic mass is 10.2. The Labute approximate surface area is 159 Å². The molecule has 0 aliphatic carbocycles. The average molecular weight is 392 g/mol. The van der Waals surface area contributed by atoms with Crippen LogP contribution in [0, 0.1) is 6.92 Å². The molecule has 0 aliphatic heterocycles. The first-order chi connectivity index (χ1) is 10.7. The number of nitrogens with one attached hydrogen (secondary N) is 2. The van der Waals surface area contributed by atoms with Crippen LogP contribution in [-0.4, -0.2) is 44.2 Å². The van der Waals surface area contributed by atoms with Crippen molar-refractivity contribution < 1.29 is 9.53 Å². The molecule has 1 aromatic heterocycles. The minimum Gasteiger partial charge on any atom is -0.383 e. The lowest BCUT2D eigenvalue weighted by Crippen LogP contribution is -2.33. The third-order valence-corrected chi connectivity index (χ3v) is 4.00. The predicted octanol–water partition coefficient (Wildman–Crippen LogP) is 2.93. The molecule has 2 rings (SSSR count). The average Bonchev–Trinajstić information content (AvgIpc) is 3.01. The molecule has 8 heteroatoms. The predicted molar refractivity (Wildman–Crippen MR) is 104 cm³/mol. The van der Waals surface area contributed by atoms with E-state index in [9.17, 15) is 4.79 Å². The van der Waals surface area contributed by atoms with Crippen molar-refractivity contribution in [3.05, 3.63) is 40.9 Å². The molecule has 0 unspecified atom stereocenters. The number of methoxy groups -OCH3 is 1. The molecule has 5 nitrogen and oxygen atoms in total. The number of ether oxygens (including phenoxy) is 1. The Kier molecular flexibility index (Phi) is 11.6. The van der Waals surface area contributed by atoms with Crippen molar-refractivity contribution >= 4 is 42.1 Å². The molecule has 2 aromatic rings. The quantitative estimate of drug-likeness (QED) is 0.679. The van der Waals surface area contributed by atoms with Crippen LogP contribution < -0.4 is 10.6 Å². The molecule has 0 spiro atoms. The van der Waals surface area contributed by atoms with Crippen molar-refractivity contribution in [2.45, 2.75) is 6.92 Å². The zero-order valence-electron chi connectivity index (χ0n) is 13.7. The summed E-state index contributed by atoms with van der Waals surface area (Å²) < 4.78 is 4.93. The van der Waals surface area contributed by atoms with Crippen LogP contribution in [0.4, 0.5) is 0 Å². The fourth-order valence-corrected chi connectivity index (χ4v) is 2.67. The number of rotatable bonds is 8. The Morgan fingerprint density at radius 1 is 1.17 bits per heavy atom. The summed E-state index contributed by atoms with van der Waals surface area (Å²) in [6.45, 7) is 4.77. The largest absolute Gasteiger partial charge is 0.383 e. The van der Waals surface area contributed by atoms with E-state index in [0.717, 1.165) is 17.1 Å². The molecule has 0 bridgehead atoms. The van der Waals surface area contributed by atoms with Crippen LogP contribution in [0.3, 0.4) is 0 Å². The second-order valence-corrected chi connectivity index (χ2v) is 5.76. The fraction of sp³-hybridized carbons (Fsp3) is 0.375. The Morgan fingerprint density at radius 3 is 2.54 bits per heavy atom. The van der Waals surface area contributed by atoms with E-state index in [1.54, 1.807) is 12.5 Å². The van der Waals surface area contributed by atoms with Crippen molar-refractivity contribution in [1.82, 2.24) is 15.6 Å². The Bertz CT molecular complexity index is 606. The first-order valence-corrected chi connectivity index (χ1v) is 8.09. The van der Waals surface area contributed by atoms with Crippen molar-refractivity contribution in [3.63, 3.8) is 0 Å². The molecule has 0 saturated carbocycles. The molecule has 0 fully saturated rings. The summed E-state index contributed by atoms with van der Waals surface area (Å²) in [5.41, 5.74) is 2.72. The Hall–Kier alpha value is -1.18. The van der Waals surface area contributed by atoms with Gasteiger partial charge in [0, 0.05) is 37.7 Å². The number of benzene rings is 1. The summed E-state index contributed by atoms with van der Waals surface area (Å²) in [4.78, 5) is 16.4. The highest BCUT2D eigenvalue weighted by atomic mass is 35.5. The molecular formula is C16H23Cl2N3O2S. The normalized spacial score (nSPS) is 9.75. The summed E-state index contributed by atoms with van der Waals surface area (Å²) in [5.74, 6) is -0.136. The van der Waals surface area contributed by atoms with Gasteiger partial charge in [0.1, 0.15) is 10.7 Å². The number of halogens is 2. The van der Waals surface area contributed by atoms with Crippen LogP contribution in [0.25, 0.3) is 10.6 Å². The Morgan fingerprint density at radius 2 is 1.88 bits per heavy atom. The van der Waals surface area contributed by atoms with Gasteiger partial charge in [0.2, 0.25) is 0 Å². The molecular weight excluding hydrogens is 369 g/mol. The molecule has 0 radical (unpaired) electrons. The zero-order valence-corrected chi connectivity index (χ0v) is 16.2. The van der Waals surface area contributed by atoms with Crippen molar-refractivity contribution in [2.24, 2.45) is 0 Å². The standard InChI is InChI=1S/C16H21N3O2S.2ClH/c1-12-3-5-13(6-4-12)16-19-14(11-22-16)15(20)18-8-7-17-9-10-21-2;;/h3-6,11,17H,7-10H2,1-2H3,(H,18,20);2*1H. The van der Waals surface area contributed by atoms with E-state index in [-0.39, 0.29) is 30.7 Å². The van der Waals surface area contributed by atoms with Gasteiger partial charge in [0.15, 0.2) is 0 Å². The Balaban J connectivity index is 0.00000264. The summed E-state index contributed by atoms with van der Waals surface area (Å²) in [6.07, 6.45) is 0. The monoisotopic (exact) mass is 391 g/mol. The van der Waals surface area contributed by atoms with Crippen molar-refractivity contribution in [3.8, 4) is 10.6 Å². The van der Waals surface area contributed by atoms with Crippen LogP contribution in [-0.2, 0) is 4.74 Å². The minimum absolute atomic E-state index is 0. The molecule has 0 aliphatic rings. The van der Waals surface area contributed by atoms with Gasteiger partial charge >= 0.3 is 0 Å². The third kappa shape index (κ3) is 7.15. The number of thiazole rings is 1. The minimum atomic E-state index is -0.136. The van der Waals surface area contributed by atoms with Crippen LogP contribution in [0.5, 0.6) is 0 Å². The first-order valence-electron chi connectivity index (χ1n) is 7.21. The molecule has 0 saturated heterocycles. The van der Waals surface area contributed by atoms with Gasteiger partial charge in [-0.15, -0.1) is 36.2 Å². The van der Waals surface area contributed by atoms with E-state index >= 15 is 0 Å². The molecule has 2 N–H and O–H groups in total. The van der Waals surface area contributed by atoms with Gasteiger partial charge in [-0.25, -0.2) is 4.98 Å². The molecule has 0 atom stereocenters. The fourth-order valence-electron chi connectivity index (χ4n) is 1.86. The van der Waals surface area contributed by atoms with E-state index in [1.807, 2.05) is 31.2 Å². The van der Waals surface area contributed by atoms with Crippen LogP contribution >= 0.6 is 36.2 Å². The summed E-state index contributed by atoms with van der Waals surface area (Å²) in [7, 11) is 1.66. The number of hydrogen-bond acceptors (Lipinski definition) is 5. The highest BCUT2D eigenvalue weighted by molar-refractivity contribution is 7.13. The number of nitrogens with zero attached hydrogens (tertiary/aromatic N) is 1. The van der Waals surface area contributed by atoms with Crippen LogP contribution in [0.2, 0.25) is 0 Å². The highest BCUT2D eigenvalue weighted by Gasteiger charge is 2.11. The van der Waals surface area contributed by atoms with Gasteiger partial charge in [0.25, 0.3) is 5.91 Å². The molecule has 1 amide bonds. The van der Waals surface area contributed by atoms with E-state index in [0.29, 0.717) is 25.4 Å². The number of aromatic nitrogens is 1. The number of carbonyl (C=O) groups is 1. The maximum atomic E-state index is 12.0.